The first-order valence-corrected chi connectivity index (χ1v) is 22.6. The second kappa shape index (κ2) is 40.8. The molecular weight excluding hydrogens is 713 g/mol. The number of unbranched alkanes of at least 4 members (excludes halogenated alkanes) is 11. The van der Waals surface area contributed by atoms with Crippen LogP contribution in [-0.2, 0) is 32.7 Å². The summed E-state index contributed by atoms with van der Waals surface area (Å²) in [4.78, 5) is 34.8. The highest BCUT2D eigenvalue weighted by molar-refractivity contribution is 7.47. The van der Waals surface area contributed by atoms with Gasteiger partial charge in [-0.3, -0.25) is 18.6 Å². The van der Waals surface area contributed by atoms with E-state index in [-0.39, 0.29) is 32.6 Å². The lowest BCUT2D eigenvalue weighted by atomic mass is 10.1. The molecule has 0 fully saturated rings. The zero-order chi connectivity index (χ0) is 40.3. The molecule has 0 aromatic carbocycles. The van der Waals surface area contributed by atoms with E-state index < -0.39 is 32.5 Å². The summed E-state index contributed by atoms with van der Waals surface area (Å²) in [7, 11) is -4.40. The van der Waals surface area contributed by atoms with Gasteiger partial charge in [-0.05, 0) is 96.3 Å². The third-order valence-corrected chi connectivity index (χ3v) is 9.24. The Bertz CT molecular complexity index is 1170. The van der Waals surface area contributed by atoms with Crippen molar-refractivity contribution in [2.45, 2.75) is 161 Å². The summed E-state index contributed by atoms with van der Waals surface area (Å²) in [6.07, 6.45) is 50.4. The van der Waals surface area contributed by atoms with Crippen molar-refractivity contribution >= 4 is 19.8 Å². The minimum atomic E-state index is -4.40. The van der Waals surface area contributed by atoms with Crippen molar-refractivity contribution in [1.29, 1.82) is 0 Å². The van der Waals surface area contributed by atoms with Crippen LogP contribution in [0.25, 0.3) is 0 Å². The van der Waals surface area contributed by atoms with Crippen molar-refractivity contribution in [3.63, 3.8) is 0 Å². The molecule has 55 heavy (non-hydrogen) atoms. The van der Waals surface area contributed by atoms with Crippen LogP contribution in [0.15, 0.2) is 85.1 Å². The Kier molecular flexibility index (Phi) is 38.8. The van der Waals surface area contributed by atoms with E-state index in [1.807, 2.05) is 0 Å². The molecule has 0 aliphatic rings. The predicted molar refractivity (Wildman–Crippen MR) is 229 cm³/mol. The van der Waals surface area contributed by atoms with Crippen molar-refractivity contribution in [1.82, 2.24) is 0 Å². The summed E-state index contributed by atoms with van der Waals surface area (Å²) >= 11 is 0. The number of esters is 2. The van der Waals surface area contributed by atoms with Crippen LogP contribution in [0, 0.1) is 0 Å². The van der Waals surface area contributed by atoms with E-state index in [9.17, 15) is 19.0 Å². The topological polar surface area (TPSA) is 134 Å². The summed E-state index contributed by atoms with van der Waals surface area (Å²) in [6.45, 7) is 3.56. The van der Waals surface area contributed by atoms with Gasteiger partial charge in [0.1, 0.15) is 6.61 Å². The Hall–Kier alpha value is -2.81. The van der Waals surface area contributed by atoms with Crippen LogP contribution in [0.4, 0.5) is 0 Å². The second-order valence-corrected chi connectivity index (χ2v) is 14.9. The molecule has 10 heteroatoms. The van der Waals surface area contributed by atoms with E-state index >= 15 is 0 Å². The molecule has 0 rings (SSSR count). The van der Waals surface area contributed by atoms with Gasteiger partial charge in [-0.2, -0.15) is 0 Å². The van der Waals surface area contributed by atoms with Gasteiger partial charge in [0, 0.05) is 19.4 Å². The average Bonchev–Trinajstić information content (AvgIpc) is 3.17. The summed E-state index contributed by atoms with van der Waals surface area (Å²) in [6, 6.07) is 0. The van der Waals surface area contributed by atoms with E-state index in [4.69, 9.17) is 24.3 Å². The monoisotopic (exact) mass is 790 g/mol. The number of ether oxygens (including phenoxy) is 2. The summed E-state index contributed by atoms with van der Waals surface area (Å²) in [5, 5.41) is 0. The molecule has 9 nitrogen and oxygen atoms in total. The number of carbonyl (C=O) groups excluding carboxylic acids is 2. The SMILES string of the molecule is CCCCCC=CCC=CCC=CCC=CCCCCCC(=O)OC[C@H](COP(=O)(O)OCCN)OC(=O)CCCCC=CCC=CCC=CCCCCC. The maximum absolute atomic E-state index is 12.5. The molecule has 0 aromatic heterocycles. The highest BCUT2D eigenvalue weighted by atomic mass is 31.2. The van der Waals surface area contributed by atoms with Crippen molar-refractivity contribution in [2.24, 2.45) is 5.73 Å². The average molecular weight is 790 g/mol. The van der Waals surface area contributed by atoms with Crippen molar-refractivity contribution in [3.05, 3.63) is 85.1 Å². The number of phosphoric acid groups is 1. The molecule has 0 aromatic rings. The van der Waals surface area contributed by atoms with Crippen LogP contribution in [-0.4, -0.2) is 49.3 Å². The summed E-state index contributed by atoms with van der Waals surface area (Å²) in [5.41, 5.74) is 5.34. The first-order valence-electron chi connectivity index (χ1n) is 21.1. The van der Waals surface area contributed by atoms with Crippen LogP contribution in [0.2, 0.25) is 0 Å². The van der Waals surface area contributed by atoms with Crippen molar-refractivity contribution in [3.8, 4) is 0 Å². The van der Waals surface area contributed by atoms with E-state index in [0.717, 1.165) is 70.6 Å². The van der Waals surface area contributed by atoms with Gasteiger partial charge in [-0.15, -0.1) is 0 Å². The van der Waals surface area contributed by atoms with E-state index in [1.165, 1.54) is 44.9 Å². The summed E-state index contributed by atoms with van der Waals surface area (Å²) < 4.78 is 32.7. The third kappa shape index (κ3) is 40.7. The van der Waals surface area contributed by atoms with Crippen LogP contribution < -0.4 is 5.73 Å². The van der Waals surface area contributed by atoms with E-state index in [0.29, 0.717) is 12.8 Å². The minimum absolute atomic E-state index is 0.0379. The van der Waals surface area contributed by atoms with Gasteiger partial charge in [0.05, 0.1) is 13.2 Å². The lowest BCUT2D eigenvalue weighted by Crippen LogP contribution is -2.29. The molecule has 0 saturated heterocycles. The number of carbonyl (C=O) groups is 2. The molecule has 0 heterocycles. The predicted octanol–water partition coefficient (Wildman–Crippen LogP) is 12.0. The third-order valence-electron chi connectivity index (χ3n) is 8.25. The Morgan fingerprint density at radius 3 is 1.40 bits per heavy atom. The molecule has 314 valence electrons. The molecular formula is C45H76NO8P. The first-order chi connectivity index (χ1) is 26.8. The van der Waals surface area contributed by atoms with E-state index in [1.54, 1.807) is 0 Å². The van der Waals surface area contributed by atoms with Crippen LogP contribution in [0.1, 0.15) is 155 Å². The largest absolute Gasteiger partial charge is 0.472 e. The summed E-state index contributed by atoms with van der Waals surface area (Å²) in [5.74, 6) is -0.919. The maximum Gasteiger partial charge on any atom is 0.472 e. The van der Waals surface area contributed by atoms with Gasteiger partial charge in [0.2, 0.25) is 0 Å². The highest BCUT2D eigenvalue weighted by Gasteiger charge is 2.25. The molecule has 0 bridgehead atoms. The zero-order valence-corrected chi connectivity index (χ0v) is 35.3. The smallest absolute Gasteiger partial charge is 0.462 e. The molecule has 0 spiro atoms. The van der Waals surface area contributed by atoms with Gasteiger partial charge in [0.25, 0.3) is 0 Å². The van der Waals surface area contributed by atoms with Crippen molar-refractivity contribution < 1.29 is 37.6 Å². The molecule has 0 radical (unpaired) electrons. The van der Waals surface area contributed by atoms with Crippen LogP contribution in [0.5, 0.6) is 0 Å². The number of hydrogen-bond acceptors (Lipinski definition) is 8. The molecule has 1 unspecified atom stereocenters. The highest BCUT2D eigenvalue weighted by Crippen LogP contribution is 2.43. The lowest BCUT2D eigenvalue weighted by molar-refractivity contribution is -0.161. The number of phosphoric ester groups is 1. The lowest BCUT2D eigenvalue weighted by Gasteiger charge is -2.19. The molecule has 2 atom stereocenters. The molecule has 3 N–H and O–H groups in total. The Morgan fingerprint density at radius 2 is 0.945 bits per heavy atom. The number of hydrogen-bond donors (Lipinski definition) is 2. The number of nitrogens with two attached hydrogens (primary N) is 1. The number of allylic oxidation sites excluding steroid dienone is 14. The fourth-order valence-electron chi connectivity index (χ4n) is 5.09. The first kappa shape index (κ1) is 52.2. The zero-order valence-electron chi connectivity index (χ0n) is 34.4. The van der Waals surface area contributed by atoms with Gasteiger partial charge in [-0.1, -0.05) is 131 Å². The van der Waals surface area contributed by atoms with Crippen LogP contribution >= 0.6 is 7.82 Å². The number of rotatable bonds is 38. The minimum Gasteiger partial charge on any atom is -0.462 e. The normalized spacial score (nSPS) is 14.2. The van der Waals surface area contributed by atoms with Crippen LogP contribution in [0.3, 0.4) is 0 Å². The fourth-order valence-corrected chi connectivity index (χ4v) is 5.86. The standard InChI is InChI=1S/C45H76NO8P/c1-3-5-7-9-11-13-15-17-19-20-21-22-24-25-27-29-31-33-35-37-44(47)51-41-43(42-53-55(49,50)52-40-39-46)54-45(48)38-36-34-32-30-28-26-23-18-16-14-12-10-8-6-4-2/h11-14,17-19,21-23,25,27-28,30,43H,3-10,15-16,20,24,26,29,31-42,46H2,1-2H3,(H,49,50)/t43-/m1/s1. The van der Waals surface area contributed by atoms with Gasteiger partial charge in [-0.25, -0.2) is 4.57 Å². The van der Waals surface area contributed by atoms with Gasteiger partial charge < -0.3 is 20.1 Å². The molecule has 0 amide bonds. The Labute approximate surface area is 334 Å². The van der Waals surface area contributed by atoms with Crippen molar-refractivity contribution in [2.75, 3.05) is 26.4 Å². The quantitative estimate of drug-likeness (QED) is 0.0271. The molecule has 0 saturated carbocycles. The maximum atomic E-state index is 12.5. The fraction of sp³-hybridized carbons (Fsp3) is 0.644. The van der Waals surface area contributed by atoms with Gasteiger partial charge >= 0.3 is 19.8 Å². The van der Waals surface area contributed by atoms with Gasteiger partial charge in [0.15, 0.2) is 6.10 Å². The Balaban J connectivity index is 4.32. The molecule has 0 aliphatic heterocycles. The Morgan fingerprint density at radius 1 is 0.545 bits per heavy atom. The molecule has 0 aliphatic carbocycles. The second-order valence-electron chi connectivity index (χ2n) is 13.5. The van der Waals surface area contributed by atoms with E-state index in [2.05, 4.69) is 98.9 Å².